The van der Waals surface area contributed by atoms with Crippen LogP contribution in [-0.4, -0.2) is 25.7 Å². The van der Waals surface area contributed by atoms with E-state index in [-0.39, 0.29) is 5.97 Å². The molecule has 15 heavy (non-hydrogen) atoms. The zero-order valence-corrected chi connectivity index (χ0v) is 10.3. The van der Waals surface area contributed by atoms with E-state index in [0.717, 1.165) is 31.8 Å². The number of hydrogen-bond donors (Lipinski definition) is 1. The number of ether oxygens (including phenoxy) is 1. The fourth-order valence-electron chi connectivity index (χ4n) is 1.18. The fraction of sp³-hybridized carbons (Fsp3) is 0.917. The summed E-state index contributed by atoms with van der Waals surface area (Å²) < 4.78 is 5.03. The van der Waals surface area contributed by atoms with Crippen molar-refractivity contribution in [3.63, 3.8) is 0 Å². The third-order valence-corrected chi connectivity index (χ3v) is 2.11. The van der Waals surface area contributed by atoms with Crippen molar-refractivity contribution in [2.45, 2.75) is 46.5 Å². The first-order chi connectivity index (χ1) is 7.16. The summed E-state index contributed by atoms with van der Waals surface area (Å²) in [6.07, 6.45) is 3.52. The molecule has 3 nitrogen and oxygen atoms in total. The molecule has 0 bridgehead atoms. The minimum absolute atomic E-state index is 0.0697. The monoisotopic (exact) mass is 215 g/mol. The van der Waals surface area contributed by atoms with Gasteiger partial charge in [0.05, 0.1) is 6.61 Å². The molecule has 0 heterocycles. The van der Waals surface area contributed by atoms with Gasteiger partial charge >= 0.3 is 5.97 Å². The summed E-state index contributed by atoms with van der Waals surface area (Å²) >= 11 is 0. The third kappa shape index (κ3) is 11.4. The average Bonchev–Trinajstić information content (AvgIpc) is 2.16. The van der Waals surface area contributed by atoms with E-state index in [1.165, 1.54) is 6.42 Å². The van der Waals surface area contributed by atoms with Gasteiger partial charge in [-0.2, -0.15) is 0 Å². The third-order valence-electron chi connectivity index (χ3n) is 2.11. The standard InChI is InChI=1S/C12H25NO2/c1-4-6-12(14)15-10-5-8-13-9-7-11(2)3/h11,13H,4-10H2,1-3H3. The minimum atomic E-state index is -0.0697. The van der Waals surface area contributed by atoms with E-state index in [4.69, 9.17) is 4.74 Å². The molecule has 0 aromatic rings. The van der Waals surface area contributed by atoms with Crippen molar-refractivity contribution in [2.24, 2.45) is 5.92 Å². The normalized spacial score (nSPS) is 10.7. The lowest BCUT2D eigenvalue weighted by Crippen LogP contribution is -2.20. The van der Waals surface area contributed by atoms with Crippen LogP contribution in [0, 0.1) is 5.92 Å². The van der Waals surface area contributed by atoms with E-state index in [0.29, 0.717) is 13.0 Å². The number of carbonyl (C=O) groups is 1. The summed E-state index contributed by atoms with van der Waals surface area (Å²) in [6.45, 7) is 8.96. The summed E-state index contributed by atoms with van der Waals surface area (Å²) in [4.78, 5) is 11.0. The highest BCUT2D eigenvalue weighted by Gasteiger charge is 1.99. The Morgan fingerprint density at radius 2 is 2.07 bits per heavy atom. The van der Waals surface area contributed by atoms with Crippen LogP contribution in [0.2, 0.25) is 0 Å². The number of nitrogens with one attached hydrogen (secondary N) is 1. The molecule has 3 heteroatoms. The number of hydrogen-bond acceptors (Lipinski definition) is 3. The van der Waals surface area contributed by atoms with Crippen LogP contribution in [-0.2, 0) is 9.53 Å². The van der Waals surface area contributed by atoms with Crippen molar-refractivity contribution >= 4 is 5.97 Å². The van der Waals surface area contributed by atoms with Gasteiger partial charge in [-0.3, -0.25) is 4.79 Å². The van der Waals surface area contributed by atoms with Gasteiger partial charge in [-0.05, 0) is 38.3 Å². The second kappa shape index (κ2) is 9.97. The molecule has 0 aliphatic carbocycles. The van der Waals surface area contributed by atoms with Gasteiger partial charge in [0.2, 0.25) is 0 Å². The summed E-state index contributed by atoms with van der Waals surface area (Å²) in [6, 6.07) is 0. The Morgan fingerprint density at radius 1 is 1.33 bits per heavy atom. The molecule has 0 radical (unpaired) electrons. The Balaban J connectivity index is 3.08. The van der Waals surface area contributed by atoms with Crippen LogP contribution in [0.1, 0.15) is 46.5 Å². The largest absolute Gasteiger partial charge is 0.466 e. The Morgan fingerprint density at radius 3 is 2.67 bits per heavy atom. The van der Waals surface area contributed by atoms with Crippen LogP contribution in [0.3, 0.4) is 0 Å². The van der Waals surface area contributed by atoms with E-state index >= 15 is 0 Å². The molecular weight excluding hydrogens is 190 g/mol. The van der Waals surface area contributed by atoms with Gasteiger partial charge in [0, 0.05) is 6.42 Å². The van der Waals surface area contributed by atoms with Gasteiger partial charge in [-0.1, -0.05) is 20.8 Å². The molecule has 0 atom stereocenters. The maximum absolute atomic E-state index is 11.0. The predicted molar refractivity (Wildman–Crippen MR) is 62.8 cm³/mol. The van der Waals surface area contributed by atoms with Gasteiger partial charge in [0.25, 0.3) is 0 Å². The quantitative estimate of drug-likeness (QED) is 0.474. The second-order valence-electron chi connectivity index (χ2n) is 4.26. The van der Waals surface area contributed by atoms with Crippen molar-refractivity contribution in [3.8, 4) is 0 Å². The first-order valence-corrected chi connectivity index (χ1v) is 6.03. The molecule has 0 aromatic carbocycles. The summed E-state index contributed by atoms with van der Waals surface area (Å²) in [5, 5.41) is 3.33. The highest BCUT2D eigenvalue weighted by molar-refractivity contribution is 5.69. The first kappa shape index (κ1) is 14.4. The molecule has 0 saturated heterocycles. The lowest BCUT2D eigenvalue weighted by molar-refractivity contribution is -0.143. The number of rotatable bonds is 9. The van der Waals surface area contributed by atoms with Gasteiger partial charge in [0.15, 0.2) is 0 Å². The van der Waals surface area contributed by atoms with Crippen molar-refractivity contribution in [3.05, 3.63) is 0 Å². The van der Waals surface area contributed by atoms with Crippen LogP contribution in [0.15, 0.2) is 0 Å². The number of esters is 1. The van der Waals surface area contributed by atoms with Crippen molar-refractivity contribution in [2.75, 3.05) is 19.7 Å². The average molecular weight is 215 g/mol. The highest BCUT2D eigenvalue weighted by atomic mass is 16.5. The number of carbonyl (C=O) groups excluding carboxylic acids is 1. The lowest BCUT2D eigenvalue weighted by atomic mass is 10.1. The smallest absolute Gasteiger partial charge is 0.305 e. The van der Waals surface area contributed by atoms with Gasteiger partial charge in [-0.15, -0.1) is 0 Å². The Hall–Kier alpha value is -0.570. The fourth-order valence-corrected chi connectivity index (χ4v) is 1.18. The van der Waals surface area contributed by atoms with E-state index in [9.17, 15) is 4.79 Å². The zero-order valence-electron chi connectivity index (χ0n) is 10.3. The van der Waals surface area contributed by atoms with E-state index in [1.807, 2.05) is 6.92 Å². The molecule has 0 spiro atoms. The topological polar surface area (TPSA) is 38.3 Å². The Kier molecular flexibility index (Phi) is 9.59. The first-order valence-electron chi connectivity index (χ1n) is 6.03. The minimum Gasteiger partial charge on any atom is -0.466 e. The van der Waals surface area contributed by atoms with Crippen molar-refractivity contribution in [1.29, 1.82) is 0 Å². The SMILES string of the molecule is CCCC(=O)OCCCNCCC(C)C. The molecule has 0 aromatic heterocycles. The molecule has 0 saturated carbocycles. The van der Waals surface area contributed by atoms with Crippen LogP contribution >= 0.6 is 0 Å². The summed E-state index contributed by atoms with van der Waals surface area (Å²) in [5.41, 5.74) is 0. The Labute approximate surface area is 93.6 Å². The maximum atomic E-state index is 11.0. The second-order valence-corrected chi connectivity index (χ2v) is 4.26. The van der Waals surface area contributed by atoms with E-state index < -0.39 is 0 Å². The summed E-state index contributed by atoms with van der Waals surface area (Å²) in [5.74, 6) is 0.680. The zero-order chi connectivity index (χ0) is 11.5. The van der Waals surface area contributed by atoms with Crippen LogP contribution < -0.4 is 5.32 Å². The van der Waals surface area contributed by atoms with Gasteiger partial charge in [0.1, 0.15) is 0 Å². The Bertz CT molecular complexity index is 158. The van der Waals surface area contributed by atoms with Crippen molar-refractivity contribution < 1.29 is 9.53 Å². The van der Waals surface area contributed by atoms with Crippen molar-refractivity contribution in [1.82, 2.24) is 5.32 Å². The van der Waals surface area contributed by atoms with Crippen LogP contribution in [0.5, 0.6) is 0 Å². The van der Waals surface area contributed by atoms with Crippen LogP contribution in [0.25, 0.3) is 0 Å². The summed E-state index contributed by atoms with van der Waals surface area (Å²) in [7, 11) is 0. The molecule has 0 rings (SSSR count). The molecule has 0 aliphatic rings. The molecule has 0 aliphatic heterocycles. The van der Waals surface area contributed by atoms with E-state index in [1.54, 1.807) is 0 Å². The maximum Gasteiger partial charge on any atom is 0.305 e. The molecular formula is C12H25NO2. The molecule has 0 unspecified atom stereocenters. The highest BCUT2D eigenvalue weighted by Crippen LogP contribution is 1.96. The molecule has 0 fully saturated rings. The van der Waals surface area contributed by atoms with Gasteiger partial charge in [-0.25, -0.2) is 0 Å². The van der Waals surface area contributed by atoms with Gasteiger partial charge < -0.3 is 10.1 Å². The molecule has 1 N–H and O–H groups in total. The predicted octanol–water partition coefficient (Wildman–Crippen LogP) is 2.36. The lowest BCUT2D eigenvalue weighted by Gasteiger charge is -2.07. The molecule has 90 valence electrons. The van der Waals surface area contributed by atoms with Crippen LogP contribution in [0.4, 0.5) is 0 Å². The van der Waals surface area contributed by atoms with E-state index in [2.05, 4.69) is 19.2 Å². The molecule has 0 amide bonds.